The molecule has 12 heteroatoms. The van der Waals surface area contributed by atoms with E-state index in [4.69, 9.17) is 53.6 Å². The monoisotopic (exact) mass is 376 g/mol. The summed E-state index contributed by atoms with van der Waals surface area (Å²) in [6, 6.07) is 0. The highest BCUT2D eigenvalue weighted by atomic mass is 35.5. The molecule has 1 aliphatic rings. The van der Waals surface area contributed by atoms with Crippen LogP contribution in [-0.2, 0) is 22.5 Å². The van der Waals surface area contributed by atoms with Gasteiger partial charge in [-0.15, -0.1) is 34.8 Å². The van der Waals surface area contributed by atoms with Gasteiger partial charge in [-0.2, -0.15) is 4.31 Å². The maximum Gasteiger partial charge on any atom is 0.484 e. The second-order valence-corrected chi connectivity index (χ2v) is 7.90. The highest BCUT2D eigenvalue weighted by Gasteiger charge is 2.51. The van der Waals surface area contributed by atoms with Crippen molar-refractivity contribution in [2.45, 2.75) is 12.5 Å². The summed E-state index contributed by atoms with van der Waals surface area (Å²) in [5, 5.41) is 0. The van der Waals surface area contributed by atoms with E-state index in [1.807, 2.05) is 0 Å². The Bertz CT molecular complexity index is 396. The minimum Gasteiger partial charge on any atom is -0.302 e. The first-order chi connectivity index (χ1) is 8.70. The van der Waals surface area contributed by atoms with Gasteiger partial charge < -0.3 is 9.79 Å². The van der Waals surface area contributed by atoms with Crippen molar-refractivity contribution in [2.24, 2.45) is 5.41 Å². The van der Waals surface area contributed by atoms with Crippen LogP contribution in [-0.4, -0.2) is 40.1 Å². The van der Waals surface area contributed by atoms with Crippen LogP contribution in [0.4, 0.5) is 0 Å². The fourth-order valence-electron chi connectivity index (χ4n) is 1.51. The van der Waals surface area contributed by atoms with Crippen LogP contribution >= 0.6 is 50.4 Å². The van der Waals surface area contributed by atoms with E-state index in [2.05, 4.69) is 4.31 Å². The fourth-order valence-corrected chi connectivity index (χ4v) is 5.00. The van der Waals surface area contributed by atoms with E-state index in [0.717, 1.165) is 0 Å². The molecule has 1 fully saturated rings. The third-order valence-electron chi connectivity index (χ3n) is 2.56. The van der Waals surface area contributed by atoms with Crippen LogP contribution in [0.5, 0.6) is 0 Å². The maximum atomic E-state index is 12.0. The number of phosphoric ester groups is 1. The average molecular weight is 377 g/mol. The summed E-state index contributed by atoms with van der Waals surface area (Å²) in [6.45, 7) is -0.209. The van der Waals surface area contributed by atoms with Crippen LogP contribution in [0.15, 0.2) is 0 Å². The van der Waals surface area contributed by atoms with Gasteiger partial charge in [-0.25, -0.2) is 9.13 Å². The Morgan fingerprint density at radius 3 is 2.37 bits per heavy atom. The van der Waals surface area contributed by atoms with Crippen LogP contribution in [0, 0.1) is 5.41 Å². The highest BCUT2D eigenvalue weighted by Crippen LogP contribution is 2.65. The van der Waals surface area contributed by atoms with E-state index in [-0.39, 0.29) is 30.7 Å². The predicted molar refractivity (Wildman–Crippen MR) is 70.8 cm³/mol. The Morgan fingerprint density at radius 1 is 1.37 bits per heavy atom. The molecule has 1 aliphatic heterocycles. The lowest BCUT2D eigenvalue weighted by Gasteiger charge is -2.42. The second kappa shape index (κ2) is 6.93. The molecule has 0 aromatic rings. The van der Waals surface area contributed by atoms with Gasteiger partial charge in [0.25, 0.3) is 0 Å². The molecule has 2 atom stereocenters. The topological polar surface area (TPSA) is 102 Å². The molecule has 1 heterocycles. The summed E-state index contributed by atoms with van der Waals surface area (Å²) >= 11 is 17.3. The van der Waals surface area contributed by atoms with Gasteiger partial charge in [0.15, 0.2) is 0 Å². The first kappa shape index (κ1) is 18.2. The third-order valence-corrected chi connectivity index (χ3v) is 6.45. The van der Waals surface area contributed by atoms with Crippen molar-refractivity contribution in [3.05, 3.63) is 0 Å². The molecule has 2 N–H and O–H groups in total. The molecular weight excluding hydrogens is 364 g/mol. The number of rotatable bonds is 6. The van der Waals surface area contributed by atoms with E-state index in [1.54, 1.807) is 0 Å². The van der Waals surface area contributed by atoms with Gasteiger partial charge in [-0.3, -0.25) is 9.05 Å². The molecule has 0 aliphatic carbocycles. The lowest BCUT2D eigenvalue weighted by atomic mass is 9.85. The second-order valence-electron chi connectivity index (χ2n) is 3.99. The SMILES string of the molecule is O=P(O)(O)OP1(=O)OCC(CCl)(CCl)C(CCCl)O1. The van der Waals surface area contributed by atoms with Gasteiger partial charge in [0.05, 0.1) is 12.7 Å². The fraction of sp³-hybridized carbons (Fsp3) is 1.00. The first-order valence-corrected chi connectivity index (χ1v) is 9.67. The van der Waals surface area contributed by atoms with Gasteiger partial charge in [0.1, 0.15) is 0 Å². The molecule has 0 amide bonds. The zero-order chi connectivity index (χ0) is 14.7. The van der Waals surface area contributed by atoms with Crippen molar-refractivity contribution in [1.29, 1.82) is 0 Å². The average Bonchev–Trinajstić information content (AvgIpc) is 2.28. The van der Waals surface area contributed by atoms with E-state index in [0.29, 0.717) is 0 Å². The molecule has 0 radical (unpaired) electrons. The largest absolute Gasteiger partial charge is 0.484 e. The van der Waals surface area contributed by atoms with E-state index >= 15 is 0 Å². The zero-order valence-electron chi connectivity index (χ0n) is 9.58. The molecule has 0 saturated carbocycles. The number of alkyl halides is 3. The summed E-state index contributed by atoms with van der Waals surface area (Å²) in [4.78, 5) is 17.3. The van der Waals surface area contributed by atoms with Crippen molar-refractivity contribution in [3.63, 3.8) is 0 Å². The standard InChI is InChI=1S/C7H13Cl3O7P2/c8-2-1-6-7(3-9,4-10)5-15-19(14,16-6)17-18(11,12)13/h6H,1-5H2,(H2,11,12,13). The highest BCUT2D eigenvalue weighted by molar-refractivity contribution is 7.61. The molecule has 1 rings (SSSR count). The number of phosphoric acid groups is 2. The smallest absolute Gasteiger partial charge is 0.302 e. The number of hydrogen-bond donors (Lipinski definition) is 2. The molecule has 0 bridgehead atoms. The molecule has 2 unspecified atom stereocenters. The molecule has 1 saturated heterocycles. The van der Waals surface area contributed by atoms with Gasteiger partial charge in [0.2, 0.25) is 0 Å². The Balaban J connectivity index is 2.92. The summed E-state index contributed by atoms with van der Waals surface area (Å²) < 4.78 is 36.6. The molecule has 7 nitrogen and oxygen atoms in total. The molecule has 0 spiro atoms. The van der Waals surface area contributed by atoms with E-state index < -0.39 is 27.2 Å². The van der Waals surface area contributed by atoms with E-state index in [1.165, 1.54) is 0 Å². The van der Waals surface area contributed by atoms with Gasteiger partial charge in [-0.05, 0) is 6.42 Å². The summed E-state index contributed by atoms with van der Waals surface area (Å²) in [6.07, 6.45) is -0.551. The van der Waals surface area contributed by atoms with Gasteiger partial charge in [-0.1, -0.05) is 0 Å². The third kappa shape index (κ3) is 4.82. The molecule has 114 valence electrons. The summed E-state index contributed by atoms with van der Waals surface area (Å²) in [7, 11) is -9.38. The Hall–Kier alpha value is 1.13. The molecule has 19 heavy (non-hydrogen) atoms. The van der Waals surface area contributed by atoms with Crippen molar-refractivity contribution >= 4 is 50.4 Å². The van der Waals surface area contributed by atoms with Crippen LogP contribution < -0.4 is 0 Å². The van der Waals surface area contributed by atoms with Crippen molar-refractivity contribution in [3.8, 4) is 0 Å². The minimum absolute atomic E-state index is 0.0496. The molecule has 0 aromatic heterocycles. The number of halogens is 3. The normalized spacial score (nSPS) is 31.3. The summed E-state index contributed by atoms with van der Waals surface area (Å²) in [5.41, 5.74) is -0.843. The van der Waals surface area contributed by atoms with Crippen LogP contribution in [0.2, 0.25) is 0 Å². The zero-order valence-corrected chi connectivity index (χ0v) is 13.6. The minimum atomic E-state index is -5.02. The Labute approximate surface area is 125 Å². The number of hydrogen-bond acceptors (Lipinski definition) is 5. The molecule has 0 aromatic carbocycles. The predicted octanol–water partition coefficient (Wildman–Crippen LogP) is 2.71. The lowest BCUT2D eigenvalue weighted by Crippen LogP contribution is -2.47. The van der Waals surface area contributed by atoms with Crippen molar-refractivity contribution in [1.82, 2.24) is 0 Å². The Kier molecular flexibility index (Phi) is 6.63. The Morgan fingerprint density at radius 2 is 1.95 bits per heavy atom. The van der Waals surface area contributed by atoms with Crippen LogP contribution in [0.3, 0.4) is 0 Å². The van der Waals surface area contributed by atoms with Crippen molar-refractivity contribution in [2.75, 3.05) is 24.2 Å². The van der Waals surface area contributed by atoms with Gasteiger partial charge >= 0.3 is 15.6 Å². The summed E-state index contributed by atoms with van der Waals surface area (Å²) in [5.74, 6) is 0.262. The quantitative estimate of drug-likeness (QED) is 0.542. The first-order valence-electron chi connectivity index (χ1n) is 5.08. The van der Waals surface area contributed by atoms with Crippen LogP contribution in [0.1, 0.15) is 6.42 Å². The van der Waals surface area contributed by atoms with Crippen LogP contribution in [0.25, 0.3) is 0 Å². The molecular formula is C7H13Cl3O7P2. The maximum absolute atomic E-state index is 12.0. The van der Waals surface area contributed by atoms with Crippen molar-refractivity contribution < 1.29 is 32.3 Å². The van der Waals surface area contributed by atoms with E-state index in [9.17, 15) is 9.13 Å². The van der Waals surface area contributed by atoms with Gasteiger partial charge in [0, 0.05) is 23.1 Å². The lowest BCUT2D eigenvalue weighted by molar-refractivity contribution is -0.0416.